The van der Waals surface area contributed by atoms with Crippen LogP contribution in [0.25, 0.3) is 42.4 Å². The van der Waals surface area contributed by atoms with Crippen LogP contribution in [-0.2, 0) is 5.41 Å². The van der Waals surface area contributed by atoms with Gasteiger partial charge >= 0.3 is 0 Å². The van der Waals surface area contributed by atoms with Crippen LogP contribution < -0.4 is 4.90 Å². The zero-order valence-corrected chi connectivity index (χ0v) is 27.1. The van der Waals surface area contributed by atoms with Gasteiger partial charge in [-0.3, -0.25) is 0 Å². The molecule has 5 unspecified atom stereocenters. The highest BCUT2D eigenvalue weighted by Crippen LogP contribution is 2.73. The van der Waals surface area contributed by atoms with E-state index in [9.17, 15) is 0 Å². The van der Waals surface area contributed by atoms with Crippen LogP contribution in [0.15, 0.2) is 140 Å². The Labute approximate surface area is 280 Å². The number of hydrogen-bond acceptors (Lipinski definition) is 2. The lowest BCUT2D eigenvalue weighted by Crippen LogP contribution is -2.40. The average molecular weight is 622 g/mol. The highest BCUT2D eigenvalue weighted by molar-refractivity contribution is 7.26. The predicted octanol–water partition coefficient (Wildman–Crippen LogP) is 12.5. The number of hydrogen-bond donors (Lipinski definition) is 0. The monoisotopic (exact) mass is 621 g/mol. The molecule has 1 spiro atoms. The molecule has 12 rings (SSSR count). The van der Waals surface area contributed by atoms with Gasteiger partial charge in [-0.2, -0.15) is 0 Å². The van der Waals surface area contributed by atoms with Crippen LogP contribution in [0.4, 0.5) is 17.1 Å². The molecule has 5 atom stereocenters. The number of anilines is 3. The van der Waals surface area contributed by atoms with Crippen LogP contribution in [0.1, 0.15) is 36.8 Å². The van der Waals surface area contributed by atoms with E-state index in [1.54, 1.807) is 11.1 Å². The fourth-order valence-electron chi connectivity index (χ4n) is 10.9. The van der Waals surface area contributed by atoms with Gasteiger partial charge in [0.2, 0.25) is 0 Å². The zero-order valence-electron chi connectivity index (χ0n) is 26.3. The Morgan fingerprint density at radius 2 is 1.30 bits per heavy atom. The van der Waals surface area contributed by atoms with Crippen molar-refractivity contribution in [3.05, 3.63) is 151 Å². The minimum absolute atomic E-state index is 0.204. The van der Waals surface area contributed by atoms with Crippen LogP contribution in [-0.4, -0.2) is 0 Å². The summed E-state index contributed by atoms with van der Waals surface area (Å²) >= 11 is 1.91. The molecule has 5 aliphatic rings. The summed E-state index contributed by atoms with van der Waals surface area (Å²) in [5.74, 6) is 3.45. The fraction of sp³-hybridized carbons (Fsp3) is 0.200. The Hall–Kier alpha value is -4.66. The Balaban J connectivity index is 1.13. The zero-order chi connectivity index (χ0) is 30.7. The second-order valence-corrected chi connectivity index (χ2v) is 15.6. The van der Waals surface area contributed by atoms with Gasteiger partial charge in [-0.25, -0.2) is 0 Å². The van der Waals surface area contributed by atoms with Crippen molar-refractivity contribution in [1.29, 1.82) is 0 Å². The lowest BCUT2D eigenvalue weighted by molar-refractivity contribution is 0.191. The van der Waals surface area contributed by atoms with E-state index < -0.39 is 0 Å². The lowest BCUT2D eigenvalue weighted by Gasteiger charge is -2.44. The highest BCUT2D eigenvalue weighted by atomic mass is 32.1. The molecule has 0 aliphatic heterocycles. The number of fused-ring (bicyclic) bond motifs is 6. The highest BCUT2D eigenvalue weighted by Gasteiger charge is 2.65. The summed E-state index contributed by atoms with van der Waals surface area (Å²) in [5.41, 5.74) is 12.5. The summed E-state index contributed by atoms with van der Waals surface area (Å²) in [6, 6.07) is 52.6. The van der Waals surface area contributed by atoms with Crippen LogP contribution >= 0.6 is 11.3 Å². The fourth-order valence-corrected chi connectivity index (χ4v) is 12.1. The minimum Gasteiger partial charge on any atom is -0.309 e. The number of rotatable bonds is 4. The van der Waals surface area contributed by atoms with Crippen molar-refractivity contribution in [2.45, 2.75) is 31.1 Å². The molecule has 47 heavy (non-hydrogen) atoms. The van der Waals surface area contributed by atoms with Gasteiger partial charge in [-0.05, 0) is 119 Å². The molecule has 0 amide bonds. The van der Waals surface area contributed by atoms with Crippen molar-refractivity contribution in [2.24, 2.45) is 23.7 Å². The Bertz CT molecular complexity index is 2350. The van der Waals surface area contributed by atoms with E-state index in [1.165, 1.54) is 85.2 Å². The first-order chi connectivity index (χ1) is 23.3. The van der Waals surface area contributed by atoms with Crippen molar-refractivity contribution < 1.29 is 0 Å². The van der Waals surface area contributed by atoms with E-state index in [1.807, 2.05) is 11.3 Å². The van der Waals surface area contributed by atoms with Crippen LogP contribution in [0.5, 0.6) is 0 Å². The van der Waals surface area contributed by atoms with E-state index in [0.29, 0.717) is 0 Å². The molecule has 6 aromatic carbocycles. The molecular weight excluding hydrogens is 587 g/mol. The van der Waals surface area contributed by atoms with Gasteiger partial charge in [0.05, 0.1) is 10.4 Å². The number of benzene rings is 6. The Morgan fingerprint density at radius 3 is 2.19 bits per heavy atom. The van der Waals surface area contributed by atoms with Gasteiger partial charge in [0.25, 0.3) is 0 Å². The summed E-state index contributed by atoms with van der Waals surface area (Å²) in [5, 5.41) is 2.67. The smallest absolute Gasteiger partial charge is 0.0640 e. The largest absolute Gasteiger partial charge is 0.309 e. The van der Waals surface area contributed by atoms with E-state index >= 15 is 0 Å². The molecule has 1 nitrogen and oxygen atoms in total. The Morgan fingerprint density at radius 1 is 0.553 bits per heavy atom. The van der Waals surface area contributed by atoms with Gasteiger partial charge < -0.3 is 4.90 Å². The van der Waals surface area contributed by atoms with E-state index in [0.717, 1.165) is 23.7 Å². The first-order valence-electron chi connectivity index (χ1n) is 17.4. The third-order valence-corrected chi connectivity index (χ3v) is 13.7. The lowest BCUT2D eigenvalue weighted by atomic mass is 9.59. The number of nitrogens with zero attached hydrogens (tertiary/aromatic N) is 1. The first-order valence-corrected chi connectivity index (χ1v) is 18.2. The molecule has 4 fully saturated rings. The average Bonchev–Trinajstić information content (AvgIpc) is 3.81. The van der Waals surface area contributed by atoms with Gasteiger partial charge in [0, 0.05) is 32.3 Å². The third kappa shape index (κ3) is 3.55. The molecule has 1 heterocycles. The van der Waals surface area contributed by atoms with Crippen molar-refractivity contribution in [3.63, 3.8) is 0 Å². The number of thiophene rings is 1. The van der Waals surface area contributed by atoms with Crippen molar-refractivity contribution >= 4 is 48.6 Å². The van der Waals surface area contributed by atoms with E-state index in [4.69, 9.17) is 0 Å². The quantitative estimate of drug-likeness (QED) is 0.189. The van der Waals surface area contributed by atoms with Gasteiger partial charge in [0.15, 0.2) is 0 Å². The molecule has 5 aliphatic carbocycles. The van der Waals surface area contributed by atoms with Gasteiger partial charge in [-0.1, -0.05) is 103 Å². The molecule has 1 aromatic heterocycles. The molecule has 7 aromatic rings. The molecule has 0 radical (unpaired) electrons. The van der Waals surface area contributed by atoms with Crippen LogP contribution in [0, 0.1) is 23.7 Å². The van der Waals surface area contributed by atoms with E-state index in [2.05, 4.69) is 144 Å². The third-order valence-electron chi connectivity index (χ3n) is 12.5. The maximum atomic E-state index is 2.55. The summed E-state index contributed by atoms with van der Waals surface area (Å²) < 4.78 is 2.67. The molecule has 0 saturated heterocycles. The van der Waals surface area contributed by atoms with Gasteiger partial charge in [0.1, 0.15) is 0 Å². The standard InChI is InChI=1S/C45H35NS/c1-2-9-29(10-3-1)30-17-19-33(20-18-30)46(42-15-8-13-37-36-12-5-7-16-43(36)47-44(37)42)34-21-22-40-38(27-34)35-11-4-6-14-39(35)45(40)32-24-28-23-31(26-32)41(45)25-28/h1-22,27-28,31-32,41H,23-26H2. The second-order valence-electron chi connectivity index (χ2n) is 14.5. The molecule has 4 bridgehead atoms. The SMILES string of the molecule is c1ccc(-c2ccc(N(c3ccc4c(c3)-c3ccccc3C43C4CC5CC(C4)C3C5)c3cccc4c3sc3ccccc34)cc2)cc1. The molecule has 226 valence electrons. The minimum atomic E-state index is 0.204. The van der Waals surface area contributed by atoms with Crippen molar-refractivity contribution in [1.82, 2.24) is 0 Å². The summed E-state index contributed by atoms with van der Waals surface area (Å²) in [4.78, 5) is 2.52. The normalized spacial score (nSPS) is 24.8. The summed E-state index contributed by atoms with van der Waals surface area (Å²) in [6.07, 6.45) is 5.72. The summed E-state index contributed by atoms with van der Waals surface area (Å²) in [6.45, 7) is 0. The molecule has 2 heteroatoms. The molecule has 0 N–H and O–H groups in total. The maximum Gasteiger partial charge on any atom is 0.0640 e. The second kappa shape index (κ2) is 9.69. The van der Waals surface area contributed by atoms with E-state index in [-0.39, 0.29) is 5.41 Å². The Kier molecular flexibility index (Phi) is 5.44. The predicted molar refractivity (Wildman–Crippen MR) is 198 cm³/mol. The van der Waals surface area contributed by atoms with Gasteiger partial charge in [-0.15, -0.1) is 11.3 Å². The topological polar surface area (TPSA) is 3.24 Å². The summed E-state index contributed by atoms with van der Waals surface area (Å²) in [7, 11) is 0. The van der Waals surface area contributed by atoms with Crippen molar-refractivity contribution in [3.8, 4) is 22.3 Å². The molecule has 4 saturated carbocycles. The van der Waals surface area contributed by atoms with Crippen LogP contribution in [0.3, 0.4) is 0 Å². The van der Waals surface area contributed by atoms with Crippen molar-refractivity contribution in [2.75, 3.05) is 4.90 Å². The molecular formula is C45H35NS. The maximum absolute atomic E-state index is 2.55. The first kappa shape index (κ1) is 26.4. The van der Waals surface area contributed by atoms with Crippen LogP contribution in [0.2, 0.25) is 0 Å².